The number of hydrogen-bond donors (Lipinski definition) is 3. The fraction of sp³-hybridized carbons (Fsp3) is 0.533. The van der Waals surface area contributed by atoms with Crippen LogP contribution in [0.4, 0.5) is 0 Å². The van der Waals surface area contributed by atoms with Gasteiger partial charge in [0.25, 0.3) is 0 Å². The smallest absolute Gasteiger partial charge is 0.239 e. The maximum atomic E-state index is 11.7. The van der Waals surface area contributed by atoms with E-state index < -0.39 is 6.04 Å². The van der Waals surface area contributed by atoms with E-state index in [2.05, 4.69) is 17.4 Å². The highest BCUT2D eigenvalue weighted by molar-refractivity contribution is 5.81. The summed E-state index contributed by atoms with van der Waals surface area (Å²) < 4.78 is 0. The molecule has 1 aliphatic carbocycles. The summed E-state index contributed by atoms with van der Waals surface area (Å²) >= 11 is 0. The predicted molar refractivity (Wildman–Crippen MR) is 74.7 cm³/mol. The summed E-state index contributed by atoms with van der Waals surface area (Å²) in [6.45, 7) is 0.285. The van der Waals surface area contributed by atoms with Gasteiger partial charge < -0.3 is 16.2 Å². The summed E-state index contributed by atoms with van der Waals surface area (Å²) in [7, 11) is 0. The van der Waals surface area contributed by atoms with Crippen molar-refractivity contribution in [3.8, 4) is 0 Å². The van der Waals surface area contributed by atoms with Gasteiger partial charge in [0, 0.05) is 12.0 Å². The second-order valence-corrected chi connectivity index (χ2v) is 5.36. The van der Waals surface area contributed by atoms with Crippen molar-refractivity contribution in [2.45, 2.75) is 37.1 Å². The van der Waals surface area contributed by atoms with Gasteiger partial charge in [-0.1, -0.05) is 43.2 Å². The molecule has 0 spiro atoms. The normalized spacial score (nSPS) is 19.1. The summed E-state index contributed by atoms with van der Waals surface area (Å²) in [5, 5.41) is 11.8. The number of carbonyl (C=O) groups is 1. The molecule has 0 radical (unpaired) electrons. The number of aliphatic hydroxyl groups is 1. The molecule has 1 aromatic rings. The minimum atomic E-state index is -0.825. The first-order chi connectivity index (χ1) is 9.18. The SMILES string of the molecule is NC(CO)C(=O)NCC1(c2ccccc2)CCCC1. The Morgan fingerprint density at radius 2 is 1.95 bits per heavy atom. The molecule has 19 heavy (non-hydrogen) atoms. The molecule has 4 N–H and O–H groups in total. The third-order valence-corrected chi connectivity index (χ3v) is 4.08. The predicted octanol–water partition coefficient (Wildman–Crippen LogP) is 0.934. The van der Waals surface area contributed by atoms with E-state index in [-0.39, 0.29) is 17.9 Å². The summed E-state index contributed by atoms with van der Waals surface area (Å²) in [6.07, 6.45) is 4.56. The molecule has 1 atom stereocenters. The lowest BCUT2D eigenvalue weighted by Crippen LogP contribution is -2.47. The van der Waals surface area contributed by atoms with Crippen molar-refractivity contribution in [1.82, 2.24) is 5.32 Å². The lowest BCUT2D eigenvalue weighted by Gasteiger charge is -2.30. The molecule has 0 heterocycles. The highest BCUT2D eigenvalue weighted by Gasteiger charge is 2.35. The number of hydrogen-bond acceptors (Lipinski definition) is 3. The number of rotatable bonds is 5. The number of aliphatic hydroxyl groups excluding tert-OH is 1. The number of carbonyl (C=O) groups excluding carboxylic acids is 1. The zero-order chi connectivity index (χ0) is 13.7. The van der Waals surface area contributed by atoms with Crippen LogP contribution >= 0.6 is 0 Å². The van der Waals surface area contributed by atoms with Crippen LogP contribution in [-0.2, 0) is 10.2 Å². The van der Waals surface area contributed by atoms with Crippen LogP contribution < -0.4 is 11.1 Å². The highest BCUT2D eigenvalue weighted by Crippen LogP contribution is 2.40. The summed E-state index contributed by atoms with van der Waals surface area (Å²) in [6, 6.07) is 9.52. The van der Waals surface area contributed by atoms with Gasteiger partial charge in [0.15, 0.2) is 0 Å². The van der Waals surface area contributed by atoms with Crippen molar-refractivity contribution in [2.24, 2.45) is 5.73 Å². The molecule has 1 unspecified atom stereocenters. The van der Waals surface area contributed by atoms with Crippen LogP contribution in [0.1, 0.15) is 31.2 Å². The Hall–Kier alpha value is -1.39. The van der Waals surface area contributed by atoms with E-state index in [0.29, 0.717) is 6.54 Å². The van der Waals surface area contributed by atoms with Gasteiger partial charge in [-0.05, 0) is 18.4 Å². The molecule has 0 aromatic heterocycles. The summed E-state index contributed by atoms with van der Waals surface area (Å²) in [4.78, 5) is 11.7. The lowest BCUT2D eigenvalue weighted by atomic mass is 9.79. The lowest BCUT2D eigenvalue weighted by molar-refractivity contribution is -0.123. The molecule has 104 valence electrons. The Labute approximate surface area is 114 Å². The number of nitrogens with one attached hydrogen (secondary N) is 1. The van der Waals surface area contributed by atoms with Gasteiger partial charge in [-0.15, -0.1) is 0 Å². The van der Waals surface area contributed by atoms with Gasteiger partial charge >= 0.3 is 0 Å². The quantitative estimate of drug-likeness (QED) is 0.739. The zero-order valence-corrected chi connectivity index (χ0v) is 11.1. The molecule has 0 saturated heterocycles. The number of nitrogens with two attached hydrogens (primary N) is 1. The van der Waals surface area contributed by atoms with Crippen molar-refractivity contribution in [2.75, 3.05) is 13.2 Å². The highest BCUT2D eigenvalue weighted by atomic mass is 16.3. The van der Waals surface area contributed by atoms with Gasteiger partial charge in [0.1, 0.15) is 6.04 Å². The fourth-order valence-corrected chi connectivity index (χ4v) is 2.88. The molecule has 1 aliphatic rings. The van der Waals surface area contributed by atoms with Gasteiger partial charge in [-0.2, -0.15) is 0 Å². The van der Waals surface area contributed by atoms with Crippen LogP contribution in [0.15, 0.2) is 30.3 Å². The maximum absolute atomic E-state index is 11.7. The van der Waals surface area contributed by atoms with Gasteiger partial charge in [-0.3, -0.25) is 4.79 Å². The molecule has 0 bridgehead atoms. The second kappa shape index (κ2) is 6.17. The standard InChI is InChI=1S/C15H22N2O2/c16-13(10-18)14(19)17-11-15(8-4-5-9-15)12-6-2-1-3-7-12/h1-3,6-7,13,18H,4-5,8-11,16H2,(H,17,19). The van der Waals surface area contributed by atoms with Crippen LogP contribution in [0.2, 0.25) is 0 Å². The molecule has 1 amide bonds. The van der Waals surface area contributed by atoms with Crippen molar-refractivity contribution in [3.05, 3.63) is 35.9 Å². The largest absolute Gasteiger partial charge is 0.394 e. The van der Waals surface area contributed by atoms with Crippen molar-refractivity contribution in [3.63, 3.8) is 0 Å². The molecule has 1 aromatic carbocycles. The molecule has 4 heteroatoms. The van der Waals surface area contributed by atoms with Crippen LogP contribution in [0.5, 0.6) is 0 Å². The van der Waals surface area contributed by atoms with Crippen molar-refractivity contribution < 1.29 is 9.90 Å². The van der Waals surface area contributed by atoms with Gasteiger partial charge in [0.2, 0.25) is 5.91 Å². The monoisotopic (exact) mass is 262 g/mol. The van der Waals surface area contributed by atoms with Gasteiger partial charge in [-0.25, -0.2) is 0 Å². The number of benzene rings is 1. The zero-order valence-electron chi connectivity index (χ0n) is 11.1. The first kappa shape index (κ1) is 14.0. The van der Waals surface area contributed by atoms with E-state index in [1.54, 1.807) is 0 Å². The first-order valence-electron chi connectivity index (χ1n) is 6.88. The fourth-order valence-electron chi connectivity index (χ4n) is 2.88. The average Bonchev–Trinajstić information content (AvgIpc) is 2.95. The van der Waals surface area contributed by atoms with Crippen molar-refractivity contribution >= 4 is 5.91 Å². The third kappa shape index (κ3) is 3.14. The van der Waals surface area contributed by atoms with E-state index in [4.69, 9.17) is 10.8 Å². The van der Waals surface area contributed by atoms with E-state index in [1.807, 2.05) is 18.2 Å². The van der Waals surface area contributed by atoms with Crippen molar-refractivity contribution in [1.29, 1.82) is 0 Å². The molecular weight excluding hydrogens is 240 g/mol. The number of amides is 1. The van der Waals surface area contributed by atoms with Crippen LogP contribution in [0.3, 0.4) is 0 Å². The molecule has 4 nitrogen and oxygen atoms in total. The Kier molecular flexibility index (Phi) is 4.56. The minimum Gasteiger partial charge on any atom is -0.394 e. The van der Waals surface area contributed by atoms with Gasteiger partial charge in [0.05, 0.1) is 6.61 Å². The van der Waals surface area contributed by atoms with Crippen LogP contribution in [-0.4, -0.2) is 30.2 Å². The topological polar surface area (TPSA) is 75.3 Å². The van der Waals surface area contributed by atoms with E-state index in [9.17, 15) is 4.79 Å². The Balaban J connectivity index is 2.07. The van der Waals surface area contributed by atoms with Crippen LogP contribution in [0.25, 0.3) is 0 Å². The van der Waals surface area contributed by atoms with Crippen LogP contribution in [0, 0.1) is 0 Å². The summed E-state index contributed by atoms with van der Waals surface area (Å²) in [5.41, 5.74) is 6.84. The summed E-state index contributed by atoms with van der Waals surface area (Å²) in [5.74, 6) is -0.273. The Morgan fingerprint density at radius 1 is 1.32 bits per heavy atom. The minimum absolute atomic E-state index is 0.0338. The Bertz CT molecular complexity index is 413. The van der Waals surface area contributed by atoms with E-state index in [0.717, 1.165) is 12.8 Å². The maximum Gasteiger partial charge on any atom is 0.239 e. The molecule has 1 saturated carbocycles. The van der Waals surface area contributed by atoms with E-state index in [1.165, 1.54) is 18.4 Å². The van der Waals surface area contributed by atoms with E-state index >= 15 is 0 Å². The second-order valence-electron chi connectivity index (χ2n) is 5.36. The molecule has 1 fully saturated rings. The molecule has 2 rings (SSSR count). The first-order valence-corrected chi connectivity index (χ1v) is 6.88. The Morgan fingerprint density at radius 3 is 2.53 bits per heavy atom. The molecular formula is C15H22N2O2. The molecule has 0 aliphatic heterocycles. The average molecular weight is 262 g/mol. The third-order valence-electron chi connectivity index (χ3n) is 4.08.